The molecule has 1 aliphatic rings. The monoisotopic (exact) mass is 420 g/mol. The van der Waals surface area contributed by atoms with Gasteiger partial charge < -0.3 is 19.3 Å². The van der Waals surface area contributed by atoms with Crippen LogP contribution in [-0.2, 0) is 0 Å². The fraction of sp³-hybridized carbons (Fsp3) is 0.261. The number of aromatic nitrogens is 2. The number of amides is 2. The third-order valence-electron chi connectivity index (χ3n) is 5.36. The predicted octanol–water partition coefficient (Wildman–Crippen LogP) is 2.69. The lowest BCUT2D eigenvalue weighted by molar-refractivity contribution is 0.0532. The molecule has 0 unspecified atom stereocenters. The van der Waals surface area contributed by atoms with E-state index in [1.807, 2.05) is 30.3 Å². The maximum atomic E-state index is 12.9. The molecule has 8 heteroatoms. The number of nitrogens with zero attached hydrogens (tertiary/aromatic N) is 3. The number of piperazine rings is 1. The molecule has 1 N–H and O–H groups in total. The van der Waals surface area contributed by atoms with Crippen LogP contribution >= 0.6 is 0 Å². The van der Waals surface area contributed by atoms with Crippen molar-refractivity contribution in [2.75, 3.05) is 40.4 Å². The highest BCUT2D eigenvalue weighted by molar-refractivity contribution is 5.96. The van der Waals surface area contributed by atoms with Crippen molar-refractivity contribution in [1.82, 2.24) is 20.0 Å². The molecule has 0 saturated carbocycles. The van der Waals surface area contributed by atoms with Crippen LogP contribution in [0.15, 0.2) is 54.6 Å². The molecule has 2 heterocycles. The lowest BCUT2D eigenvalue weighted by Gasteiger charge is -2.34. The van der Waals surface area contributed by atoms with Gasteiger partial charge in [-0.2, -0.15) is 5.10 Å². The smallest absolute Gasteiger partial charge is 0.272 e. The Balaban J connectivity index is 1.39. The molecule has 0 radical (unpaired) electrons. The third kappa shape index (κ3) is 4.23. The zero-order valence-electron chi connectivity index (χ0n) is 17.5. The van der Waals surface area contributed by atoms with Gasteiger partial charge in [-0.25, -0.2) is 0 Å². The molecule has 1 fully saturated rings. The van der Waals surface area contributed by atoms with E-state index < -0.39 is 0 Å². The van der Waals surface area contributed by atoms with Gasteiger partial charge in [-0.15, -0.1) is 0 Å². The second kappa shape index (κ2) is 8.91. The average molecular weight is 420 g/mol. The Bertz CT molecular complexity index is 1070. The molecule has 2 amide bonds. The van der Waals surface area contributed by atoms with Crippen LogP contribution in [0.3, 0.4) is 0 Å². The van der Waals surface area contributed by atoms with Gasteiger partial charge in [-0.3, -0.25) is 14.7 Å². The lowest BCUT2D eigenvalue weighted by atomic mass is 10.1. The van der Waals surface area contributed by atoms with Crippen molar-refractivity contribution in [1.29, 1.82) is 0 Å². The van der Waals surface area contributed by atoms with Crippen molar-refractivity contribution in [2.45, 2.75) is 0 Å². The zero-order valence-corrected chi connectivity index (χ0v) is 17.5. The van der Waals surface area contributed by atoms with Gasteiger partial charge in [0.15, 0.2) is 11.5 Å². The number of hydrogen-bond acceptors (Lipinski definition) is 5. The Labute approximate surface area is 180 Å². The molecule has 2 aromatic carbocycles. The van der Waals surface area contributed by atoms with Gasteiger partial charge in [0.2, 0.25) is 0 Å². The summed E-state index contributed by atoms with van der Waals surface area (Å²) in [4.78, 5) is 29.2. The summed E-state index contributed by atoms with van der Waals surface area (Å²) < 4.78 is 10.5. The maximum absolute atomic E-state index is 12.9. The largest absolute Gasteiger partial charge is 0.493 e. The van der Waals surface area contributed by atoms with Crippen molar-refractivity contribution < 1.29 is 19.1 Å². The number of carbonyl (C=O) groups excluding carboxylic acids is 2. The van der Waals surface area contributed by atoms with Gasteiger partial charge in [0.05, 0.1) is 19.9 Å². The van der Waals surface area contributed by atoms with Crippen LogP contribution in [0, 0.1) is 0 Å². The standard InChI is InChI=1S/C23H24N4O4/c1-30-20-9-8-17(14-21(20)31-2)22(28)26-10-12-27(13-11-26)23(29)19-15-18(24-25-19)16-6-4-3-5-7-16/h3-9,14-15H,10-13H2,1-2H3,(H,24,25). The van der Waals surface area contributed by atoms with Crippen LogP contribution in [0.2, 0.25) is 0 Å². The number of methoxy groups -OCH3 is 2. The molecular formula is C23H24N4O4. The highest BCUT2D eigenvalue weighted by Crippen LogP contribution is 2.28. The molecule has 1 aromatic heterocycles. The number of rotatable bonds is 5. The summed E-state index contributed by atoms with van der Waals surface area (Å²) in [5.41, 5.74) is 2.64. The summed E-state index contributed by atoms with van der Waals surface area (Å²) in [7, 11) is 3.09. The van der Waals surface area contributed by atoms with Gasteiger partial charge in [-0.1, -0.05) is 30.3 Å². The Morgan fingerprint density at radius 3 is 2.13 bits per heavy atom. The van der Waals surface area contributed by atoms with Crippen molar-refractivity contribution in [2.24, 2.45) is 0 Å². The van der Waals surface area contributed by atoms with Gasteiger partial charge in [0.25, 0.3) is 11.8 Å². The Hall–Kier alpha value is -3.81. The first-order chi connectivity index (χ1) is 15.1. The molecule has 0 spiro atoms. The minimum Gasteiger partial charge on any atom is -0.493 e. The molecular weight excluding hydrogens is 396 g/mol. The van der Waals surface area contributed by atoms with E-state index >= 15 is 0 Å². The number of H-pyrrole nitrogens is 1. The molecule has 8 nitrogen and oxygen atoms in total. The zero-order chi connectivity index (χ0) is 21.8. The normalized spacial score (nSPS) is 13.7. The SMILES string of the molecule is COc1ccc(C(=O)N2CCN(C(=O)c3cc(-c4ccccc4)n[nH]3)CC2)cc1OC. The molecule has 0 atom stereocenters. The van der Waals surface area contributed by atoms with E-state index in [1.54, 1.807) is 41.2 Å². The van der Waals surface area contributed by atoms with E-state index in [1.165, 1.54) is 7.11 Å². The number of benzene rings is 2. The highest BCUT2D eigenvalue weighted by Gasteiger charge is 2.27. The Morgan fingerprint density at radius 1 is 0.839 bits per heavy atom. The van der Waals surface area contributed by atoms with Crippen LogP contribution in [-0.4, -0.2) is 72.2 Å². The molecule has 31 heavy (non-hydrogen) atoms. The minimum atomic E-state index is -0.118. The maximum Gasteiger partial charge on any atom is 0.272 e. The average Bonchev–Trinajstić information content (AvgIpc) is 3.33. The van der Waals surface area contributed by atoms with Crippen molar-refractivity contribution in [3.05, 3.63) is 65.9 Å². The summed E-state index contributed by atoms with van der Waals surface area (Å²) in [6, 6.07) is 16.6. The molecule has 0 aliphatic carbocycles. The summed E-state index contributed by atoms with van der Waals surface area (Å²) in [6.45, 7) is 1.83. The fourth-order valence-electron chi connectivity index (χ4n) is 3.62. The van der Waals surface area contributed by atoms with Gasteiger partial charge >= 0.3 is 0 Å². The van der Waals surface area contributed by atoms with E-state index in [4.69, 9.17) is 9.47 Å². The first-order valence-corrected chi connectivity index (χ1v) is 10.0. The van der Waals surface area contributed by atoms with Crippen LogP contribution in [0.1, 0.15) is 20.8 Å². The number of ether oxygens (including phenoxy) is 2. The van der Waals surface area contributed by atoms with Crippen molar-refractivity contribution >= 4 is 11.8 Å². The van der Waals surface area contributed by atoms with Gasteiger partial charge in [-0.05, 0) is 24.3 Å². The molecule has 4 rings (SSSR count). The summed E-state index contributed by atoms with van der Waals surface area (Å²) in [6.07, 6.45) is 0. The van der Waals surface area contributed by atoms with Crippen molar-refractivity contribution in [3.8, 4) is 22.8 Å². The summed E-state index contributed by atoms with van der Waals surface area (Å²) in [5.74, 6) is 0.869. The molecule has 1 aliphatic heterocycles. The van der Waals surface area contributed by atoms with Crippen LogP contribution in [0.5, 0.6) is 11.5 Å². The van der Waals surface area contributed by atoms with Crippen LogP contribution in [0.25, 0.3) is 11.3 Å². The van der Waals surface area contributed by atoms with Crippen LogP contribution in [0.4, 0.5) is 0 Å². The third-order valence-corrected chi connectivity index (χ3v) is 5.36. The number of nitrogens with one attached hydrogen (secondary N) is 1. The predicted molar refractivity (Wildman–Crippen MR) is 115 cm³/mol. The molecule has 160 valence electrons. The van der Waals surface area contributed by atoms with Gasteiger partial charge in [0.1, 0.15) is 5.69 Å². The minimum absolute atomic E-state index is 0.0963. The first-order valence-electron chi connectivity index (χ1n) is 10.0. The summed E-state index contributed by atoms with van der Waals surface area (Å²) in [5, 5.41) is 7.09. The van der Waals surface area contributed by atoms with E-state index in [-0.39, 0.29) is 11.8 Å². The molecule has 3 aromatic rings. The van der Waals surface area contributed by atoms with Gasteiger partial charge in [0, 0.05) is 37.3 Å². The second-order valence-corrected chi connectivity index (χ2v) is 7.19. The van der Waals surface area contributed by atoms with E-state index in [0.717, 1.165) is 11.3 Å². The van der Waals surface area contributed by atoms with E-state index in [0.29, 0.717) is 48.9 Å². The lowest BCUT2D eigenvalue weighted by Crippen LogP contribution is -2.50. The highest BCUT2D eigenvalue weighted by atomic mass is 16.5. The number of hydrogen-bond donors (Lipinski definition) is 1. The van der Waals surface area contributed by atoms with E-state index in [9.17, 15) is 9.59 Å². The topological polar surface area (TPSA) is 87.8 Å². The first kappa shape index (κ1) is 20.5. The Morgan fingerprint density at radius 2 is 1.48 bits per heavy atom. The Kier molecular flexibility index (Phi) is 5.88. The summed E-state index contributed by atoms with van der Waals surface area (Å²) >= 11 is 0. The second-order valence-electron chi connectivity index (χ2n) is 7.19. The quantitative estimate of drug-likeness (QED) is 0.686. The number of carbonyl (C=O) groups is 2. The molecule has 1 saturated heterocycles. The fourth-order valence-corrected chi connectivity index (χ4v) is 3.62. The van der Waals surface area contributed by atoms with Crippen LogP contribution < -0.4 is 9.47 Å². The number of aromatic amines is 1. The van der Waals surface area contributed by atoms with Crippen molar-refractivity contribution in [3.63, 3.8) is 0 Å². The molecule has 0 bridgehead atoms. The van der Waals surface area contributed by atoms with E-state index in [2.05, 4.69) is 10.2 Å².